The van der Waals surface area contributed by atoms with E-state index in [1.807, 2.05) is 18.2 Å². The number of benzene rings is 1. The van der Waals surface area contributed by atoms with E-state index >= 15 is 0 Å². The first-order valence-electron chi connectivity index (χ1n) is 7.80. The molecule has 0 saturated carbocycles. The third-order valence-corrected chi connectivity index (χ3v) is 6.17. The molecule has 1 aliphatic heterocycles. The first kappa shape index (κ1) is 18.3. The number of rotatable bonds is 6. The number of likely N-dealkylation sites (tertiary alicyclic amines) is 1. The number of nitrogens with zero attached hydrogens (tertiary/aromatic N) is 1. The number of carbonyl (C=O) groups is 2. The summed E-state index contributed by atoms with van der Waals surface area (Å²) in [6, 6.07) is 9.04. The van der Waals surface area contributed by atoms with Crippen molar-refractivity contribution in [1.82, 2.24) is 10.2 Å². The highest BCUT2D eigenvalue weighted by Crippen LogP contribution is 2.19. The largest absolute Gasteiger partial charge is 0.484 e. The summed E-state index contributed by atoms with van der Waals surface area (Å²) in [7, 11) is -2.07. The SMILES string of the molecule is CNC(=O)CS(=O)(=O)C1CCN(C(=O)COc2ccccc2)CC1. The Bertz CT molecular complexity index is 667. The topological polar surface area (TPSA) is 92.8 Å². The van der Waals surface area contributed by atoms with Gasteiger partial charge in [-0.2, -0.15) is 0 Å². The third-order valence-electron chi connectivity index (χ3n) is 4.02. The first-order chi connectivity index (χ1) is 11.4. The Labute approximate surface area is 141 Å². The highest BCUT2D eigenvalue weighted by molar-refractivity contribution is 7.92. The lowest BCUT2D eigenvalue weighted by atomic mass is 10.1. The Morgan fingerprint density at radius 3 is 2.42 bits per heavy atom. The molecule has 132 valence electrons. The average molecular weight is 354 g/mol. The van der Waals surface area contributed by atoms with E-state index in [1.165, 1.54) is 7.05 Å². The molecule has 2 amide bonds. The lowest BCUT2D eigenvalue weighted by Gasteiger charge is -2.31. The zero-order valence-electron chi connectivity index (χ0n) is 13.6. The second-order valence-corrected chi connectivity index (χ2v) is 7.94. The number of nitrogens with one attached hydrogen (secondary N) is 1. The van der Waals surface area contributed by atoms with Crippen molar-refractivity contribution >= 4 is 21.7 Å². The summed E-state index contributed by atoms with van der Waals surface area (Å²) in [4.78, 5) is 25.0. The molecule has 8 heteroatoms. The number of carbonyl (C=O) groups excluding carboxylic acids is 2. The summed E-state index contributed by atoms with van der Waals surface area (Å²) >= 11 is 0. The normalized spacial score (nSPS) is 15.8. The Kier molecular flexibility index (Phi) is 6.19. The zero-order valence-corrected chi connectivity index (χ0v) is 14.4. The van der Waals surface area contributed by atoms with Crippen LogP contribution in [0.3, 0.4) is 0 Å². The van der Waals surface area contributed by atoms with Crippen LogP contribution in [0.25, 0.3) is 0 Å². The molecule has 0 bridgehead atoms. The maximum Gasteiger partial charge on any atom is 0.260 e. The monoisotopic (exact) mass is 354 g/mol. The molecule has 1 aromatic rings. The number of hydrogen-bond acceptors (Lipinski definition) is 5. The molecule has 1 N–H and O–H groups in total. The van der Waals surface area contributed by atoms with E-state index in [0.29, 0.717) is 31.7 Å². The molecule has 2 rings (SSSR count). The summed E-state index contributed by atoms with van der Waals surface area (Å²) < 4.78 is 29.7. The van der Waals surface area contributed by atoms with Crippen LogP contribution in [0.5, 0.6) is 5.75 Å². The minimum Gasteiger partial charge on any atom is -0.484 e. The summed E-state index contributed by atoms with van der Waals surface area (Å²) in [5, 5.41) is 1.75. The van der Waals surface area contributed by atoms with Gasteiger partial charge in [0.05, 0.1) is 5.25 Å². The van der Waals surface area contributed by atoms with Crippen molar-refractivity contribution in [3.63, 3.8) is 0 Å². The molecule has 0 atom stereocenters. The minimum absolute atomic E-state index is 0.0698. The van der Waals surface area contributed by atoms with Crippen molar-refractivity contribution in [3.8, 4) is 5.75 Å². The van der Waals surface area contributed by atoms with Gasteiger partial charge in [-0.3, -0.25) is 9.59 Å². The van der Waals surface area contributed by atoms with Crippen LogP contribution in [0.1, 0.15) is 12.8 Å². The molecule has 1 saturated heterocycles. The van der Waals surface area contributed by atoms with E-state index in [-0.39, 0.29) is 12.5 Å². The van der Waals surface area contributed by atoms with Crippen molar-refractivity contribution < 1.29 is 22.7 Å². The van der Waals surface area contributed by atoms with Crippen LogP contribution in [0, 0.1) is 0 Å². The van der Waals surface area contributed by atoms with Crippen LogP contribution in [0.4, 0.5) is 0 Å². The minimum atomic E-state index is -3.48. The van der Waals surface area contributed by atoms with Crippen LogP contribution in [-0.4, -0.2) is 62.9 Å². The summed E-state index contributed by atoms with van der Waals surface area (Å²) in [6.45, 7) is 0.642. The molecule has 0 radical (unpaired) electrons. The predicted molar refractivity (Wildman–Crippen MR) is 89.4 cm³/mol. The number of ether oxygens (including phenoxy) is 1. The van der Waals surface area contributed by atoms with Crippen molar-refractivity contribution in [2.24, 2.45) is 0 Å². The van der Waals surface area contributed by atoms with Crippen molar-refractivity contribution in [2.45, 2.75) is 18.1 Å². The molecule has 7 nitrogen and oxygen atoms in total. The first-order valence-corrected chi connectivity index (χ1v) is 9.51. The Morgan fingerprint density at radius 2 is 1.83 bits per heavy atom. The van der Waals surface area contributed by atoms with E-state index in [4.69, 9.17) is 4.74 Å². The lowest BCUT2D eigenvalue weighted by Crippen LogP contribution is -2.45. The van der Waals surface area contributed by atoms with Crippen LogP contribution in [0.15, 0.2) is 30.3 Å². The summed E-state index contributed by atoms with van der Waals surface area (Å²) in [6.07, 6.45) is 0.687. The fourth-order valence-electron chi connectivity index (χ4n) is 2.59. The molecule has 0 unspecified atom stereocenters. The molecule has 0 spiro atoms. The fraction of sp³-hybridized carbons (Fsp3) is 0.500. The predicted octanol–water partition coefficient (Wildman–Crippen LogP) is 0.217. The molecule has 1 fully saturated rings. The summed E-state index contributed by atoms with van der Waals surface area (Å²) in [5.74, 6) is -0.557. The smallest absolute Gasteiger partial charge is 0.260 e. The standard InChI is InChI=1S/C16H22N2O5S/c1-17-15(19)12-24(21,22)14-7-9-18(10-8-14)16(20)11-23-13-5-3-2-4-6-13/h2-6,14H,7-12H2,1H3,(H,17,19). The maximum absolute atomic E-state index is 12.2. The van der Waals surface area contributed by atoms with E-state index in [0.717, 1.165) is 0 Å². The molecular formula is C16H22N2O5S. The van der Waals surface area contributed by atoms with E-state index in [2.05, 4.69) is 5.32 Å². The van der Waals surface area contributed by atoms with Crippen LogP contribution < -0.4 is 10.1 Å². The van der Waals surface area contributed by atoms with Gasteiger partial charge in [0.1, 0.15) is 11.5 Å². The number of sulfone groups is 1. The van der Waals surface area contributed by atoms with E-state index in [9.17, 15) is 18.0 Å². The van der Waals surface area contributed by atoms with E-state index in [1.54, 1.807) is 17.0 Å². The molecule has 0 aromatic heterocycles. The van der Waals surface area contributed by atoms with Gasteiger partial charge in [0, 0.05) is 20.1 Å². The molecule has 0 aliphatic carbocycles. The van der Waals surface area contributed by atoms with Gasteiger partial charge in [-0.05, 0) is 25.0 Å². The van der Waals surface area contributed by atoms with Crippen LogP contribution >= 0.6 is 0 Å². The van der Waals surface area contributed by atoms with Gasteiger partial charge in [-0.25, -0.2) is 8.42 Å². The quantitative estimate of drug-likeness (QED) is 0.789. The third kappa shape index (κ3) is 4.95. The van der Waals surface area contributed by atoms with Gasteiger partial charge in [-0.1, -0.05) is 18.2 Å². The molecule has 1 heterocycles. The average Bonchev–Trinajstić information content (AvgIpc) is 2.60. The van der Waals surface area contributed by atoms with Gasteiger partial charge in [0.15, 0.2) is 16.4 Å². The molecule has 1 aliphatic rings. The van der Waals surface area contributed by atoms with Crippen LogP contribution in [0.2, 0.25) is 0 Å². The number of hydrogen-bond donors (Lipinski definition) is 1. The van der Waals surface area contributed by atoms with Gasteiger partial charge in [-0.15, -0.1) is 0 Å². The van der Waals surface area contributed by atoms with Gasteiger partial charge < -0.3 is 15.0 Å². The van der Waals surface area contributed by atoms with Gasteiger partial charge >= 0.3 is 0 Å². The van der Waals surface area contributed by atoms with Crippen molar-refractivity contribution in [3.05, 3.63) is 30.3 Å². The number of piperidine rings is 1. The second-order valence-electron chi connectivity index (χ2n) is 5.66. The molecular weight excluding hydrogens is 332 g/mol. The Balaban J connectivity index is 1.81. The Hall–Kier alpha value is -2.09. The maximum atomic E-state index is 12.2. The zero-order chi connectivity index (χ0) is 17.6. The highest BCUT2D eigenvalue weighted by atomic mass is 32.2. The lowest BCUT2D eigenvalue weighted by molar-refractivity contribution is -0.134. The van der Waals surface area contributed by atoms with Gasteiger partial charge in [0.25, 0.3) is 5.91 Å². The van der Waals surface area contributed by atoms with Crippen LogP contribution in [-0.2, 0) is 19.4 Å². The summed E-state index contributed by atoms with van der Waals surface area (Å²) in [5.41, 5.74) is 0. The highest BCUT2D eigenvalue weighted by Gasteiger charge is 2.32. The van der Waals surface area contributed by atoms with Crippen molar-refractivity contribution in [2.75, 3.05) is 32.5 Å². The second kappa shape index (κ2) is 8.14. The Morgan fingerprint density at radius 1 is 1.21 bits per heavy atom. The van der Waals surface area contributed by atoms with E-state index < -0.39 is 26.7 Å². The number of para-hydroxylation sites is 1. The molecule has 1 aromatic carbocycles. The number of amides is 2. The molecule has 24 heavy (non-hydrogen) atoms. The fourth-order valence-corrected chi connectivity index (χ4v) is 4.26. The van der Waals surface area contributed by atoms with Crippen molar-refractivity contribution in [1.29, 1.82) is 0 Å². The van der Waals surface area contributed by atoms with Gasteiger partial charge in [0.2, 0.25) is 5.91 Å².